The Balaban J connectivity index is 1.66. The number of fused-ring (bicyclic) bond motifs is 2. The van der Waals surface area contributed by atoms with E-state index in [1.807, 2.05) is 4.72 Å². The van der Waals surface area contributed by atoms with Crippen LogP contribution in [0.5, 0.6) is 5.75 Å². The molecule has 2 aliphatic rings. The van der Waals surface area contributed by atoms with E-state index in [1.54, 1.807) is 0 Å². The zero-order chi connectivity index (χ0) is 25.1. The summed E-state index contributed by atoms with van der Waals surface area (Å²) >= 11 is 0. The highest BCUT2D eigenvalue weighted by Gasteiger charge is 2.30. The maximum atomic E-state index is 14.0. The van der Waals surface area contributed by atoms with Crippen LogP contribution in [0.4, 0.5) is 15.8 Å². The van der Waals surface area contributed by atoms with Crippen LogP contribution >= 0.6 is 0 Å². The van der Waals surface area contributed by atoms with Crippen LogP contribution in [0.3, 0.4) is 0 Å². The molecule has 13 heteroatoms. The van der Waals surface area contributed by atoms with Crippen LogP contribution in [0.15, 0.2) is 51.5 Å². The average molecular weight is 521 g/mol. The lowest BCUT2D eigenvalue weighted by Crippen LogP contribution is -2.27. The van der Waals surface area contributed by atoms with Crippen molar-refractivity contribution in [1.82, 2.24) is 4.57 Å². The molecular formula is C22H21FN4O6S2. The summed E-state index contributed by atoms with van der Waals surface area (Å²) in [6.45, 7) is 0.331. The Bertz CT molecular complexity index is 1690. The molecular weight excluding hydrogens is 499 g/mol. The maximum Gasteiger partial charge on any atom is 0.296 e. The van der Waals surface area contributed by atoms with E-state index in [-0.39, 0.29) is 32.9 Å². The number of nitrogens with zero attached hydrogens (tertiary/aromatic N) is 1. The normalized spacial score (nSPS) is 16.9. The van der Waals surface area contributed by atoms with E-state index in [1.165, 1.54) is 28.8 Å². The molecule has 1 aliphatic heterocycles. The number of rotatable bonds is 6. The van der Waals surface area contributed by atoms with Crippen molar-refractivity contribution in [1.29, 1.82) is 0 Å². The van der Waals surface area contributed by atoms with Crippen molar-refractivity contribution >= 4 is 48.0 Å². The minimum atomic E-state index is -4.17. The van der Waals surface area contributed by atoms with Gasteiger partial charge in [-0.15, -0.1) is 0 Å². The molecule has 5 N–H and O–H groups in total. The first kappa shape index (κ1) is 23.3. The van der Waals surface area contributed by atoms with Crippen LogP contribution in [-0.2, 0) is 26.6 Å². The van der Waals surface area contributed by atoms with E-state index in [2.05, 4.69) is 5.32 Å². The summed E-state index contributed by atoms with van der Waals surface area (Å²) in [6.07, 6.45) is 2.86. The third kappa shape index (κ3) is 4.49. The number of pyridine rings is 1. The fourth-order valence-corrected chi connectivity index (χ4v) is 5.99. The van der Waals surface area contributed by atoms with E-state index < -0.39 is 37.2 Å². The molecule has 1 aromatic heterocycles. The molecule has 5 rings (SSSR count). The van der Waals surface area contributed by atoms with Gasteiger partial charge in [-0.05, 0) is 48.7 Å². The molecule has 0 amide bonds. The van der Waals surface area contributed by atoms with Crippen LogP contribution < -0.4 is 20.7 Å². The van der Waals surface area contributed by atoms with E-state index in [0.29, 0.717) is 18.0 Å². The average Bonchev–Trinajstić information content (AvgIpc) is 3.57. The van der Waals surface area contributed by atoms with Gasteiger partial charge >= 0.3 is 0 Å². The van der Waals surface area contributed by atoms with Gasteiger partial charge in [0, 0.05) is 11.9 Å². The Hall–Kier alpha value is -3.42. The number of hydrogen-bond donors (Lipinski definition) is 4. The number of hydrogen-bond acceptors (Lipinski definition) is 7. The van der Waals surface area contributed by atoms with Crippen LogP contribution in [0.25, 0.3) is 16.6 Å². The van der Waals surface area contributed by atoms with Gasteiger partial charge < -0.3 is 15.0 Å². The second-order valence-electron chi connectivity index (χ2n) is 8.63. The van der Waals surface area contributed by atoms with Gasteiger partial charge in [0.2, 0.25) is 9.84 Å². The molecule has 3 aromatic rings. The van der Waals surface area contributed by atoms with E-state index >= 15 is 0 Å². The summed E-state index contributed by atoms with van der Waals surface area (Å²) in [4.78, 5) is 13.2. The largest absolute Gasteiger partial charge is 0.506 e. The number of benzene rings is 2. The molecule has 0 bridgehead atoms. The number of nitrogens with two attached hydrogens (primary N) is 1. The Morgan fingerprint density at radius 1 is 1.20 bits per heavy atom. The molecule has 0 saturated heterocycles. The summed E-state index contributed by atoms with van der Waals surface area (Å²) in [5.41, 5.74) is -0.771. The molecule has 35 heavy (non-hydrogen) atoms. The van der Waals surface area contributed by atoms with E-state index in [0.717, 1.165) is 36.8 Å². The number of nitrogens with one attached hydrogen (secondary N) is 2. The molecule has 184 valence electrons. The van der Waals surface area contributed by atoms with E-state index in [9.17, 15) is 31.1 Å². The van der Waals surface area contributed by atoms with Crippen molar-refractivity contribution in [3.63, 3.8) is 0 Å². The molecule has 1 fully saturated rings. The predicted molar refractivity (Wildman–Crippen MR) is 129 cm³/mol. The summed E-state index contributed by atoms with van der Waals surface area (Å²) in [7, 11) is -8.31. The summed E-state index contributed by atoms with van der Waals surface area (Å²) < 4.78 is 66.2. The predicted octanol–water partition coefficient (Wildman–Crippen LogP) is 2.46. The van der Waals surface area contributed by atoms with Crippen molar-refractivity contribution in [2.24, 2.45) is 11.1 Å². The third-order valence-corrected chi connectivity index (χ3v) is 8.04. The highest BCUT2D eigenvalue weighted by Crippen LogP contribution is 2.39. The molecule has 10 nitrogen and oxygen atoms in total. The quantitative estimate of drug-likeness (QED) is 0.388. The first-order chi connectivity index (χ1) is 16.4. The maximum absolute atomic E-state index is 14.0. The fourth-order valence-electron chi connectivity index (χ4n) is 4.20. The number of halogens is 1. The highest BCUT2D eigenvalue weighted by atomic mass is 32.2. The molecule has 0 atom stereocenters. The monoisotopic (exact) mass is 520 g/mol. The standard InChI is InChI=1S/C22H21FN4O6S2/c23-13-3-6-18-15(9-13)21(28)20(22(29)27(18)8-7-12-1-2-12)17-11-34(30,31)19-10-14(26-35(24,32)33)4-5-16(19)25-17/h3-6,9-12,25-26,28H,1-2,7-8H2,(H2,24,32,33). The smallest absolute Gasteiger partial charge is 0.296 e. The Morgan fingerprint density at radius 3 is 2.63 bits per heavy atom. The highest BCUT2D eigenvalue weighted by molar-refractivity contribution is 7.94. The second-order valence-corrected chi connectivity index (χ2v) is 11.7. The number of aromatic hydroxyl groups is 1. The number of sulfone groups is 1. The van der Waals surface area contributed by atoms with Crippen LogP contribution in [0, 0.1) is 11.7 Å². The minimum absolute atomic E-state index is 0.0603. The van der Waals surface area contributed by atoms with Gasteiger partial charge in [-0.1, -0.05) is 12.8 Å². The molecule has 0 radical (unpaired) electrons. The molecule has 0 unspecified atom stereocenters. The van der Waals surface area contributed by atoms with Gasteiger partial charge in [-0.25, -0.2) is 17.9 Å². The van der Waals surface area contributed by atoms with Crippen molar-refractivity contribution in [3.8, 4) is 5.75 Å². The number of aromatic nitrogens is 1. The van der Waals surface area contributed by atoms with Crippen molar-refractivity contribution < 1.29 is 26.3 Å². The van der Waals surface area contributed by atoms with Crippen LogP contribution in [0.1, 0.15) is 24.8 Å². The third-order valence-electron chi connectivity index (χ3n) is 6.02. The Labute approximate surface area is 200 Å². The molecule has 1 saturated carbocycles. The van der Waals surface area contributed by atoms with Gasteiger partial charge in [-0.2, -0.15) is 8.42 Å². The first-order valence-electron chi connectivity index (χ1n) is 10.7. The number of anilines is 2. The molecule has 0 spiro atoms. The lowest BCUT2D eigenvalue weighted by Gasteiger charge is -2.22. The van der Waals surface area contributed by atoms with Crippen LogP contribution in [0.2, 0.25) is 0 Å². The van der Waals surface area contributed by atoms with Gasteiger partial charge in [0.15, 0.2) is 0 Å². The Morgan fingerprint density at radius 2 is 1.94 bits per heavy atom. The Kier molecular flexibility index (Phi) is 5.38. The topological polar surface area (TPSA) is 161 Å². The fraction of sp³-hybridized carbons (Fsp3) is 0.227. The minimum Gasteiger partial charge on any atom is -0.506 e. The summed E-state index contributed by atoms with van der Waals surface area (Å²) in [5, 5.41) is 19.6. The molecule has 2 aromatic carbocycles. The van der Waals surface area contributed by atoms with Crippen molar-refractivity contribution in [3.05, 3.63) is 63.5 Å². The second kappa shape index (κ2) is 8.07. The number of aryl methyl sites for hydroxylation is 1. The lowest BCUT2D eigenvalue weighted by molar-refractivity contribution is 0.475. The SMILES string of the molecule is NS(=O)(=O)Nc1ccc2c(c1)S(=O)(=O)C=C(c1c(O)c3cc(F)ccc3n(CCC3CC3)c1=O)N2. The summed E-state index contributed by atoms with van der Waals surface area (Å²) in [5.74, 6) is -0.671. The van der Waals surface area contributed by atoms with Gasteiger partial charge in [0.1, 0.15) is 17.1 Å². The van der Waals surface area contributed by atoms with Gasteiger partial charge in [0.05, 0.1) is 32.9 Å². The zero-order valence-corrected chi connectivity index (χ0v) is 19.8. The zero-order valence-electron chi connectivity index (χ0n) is 18.2. The summed E-state index contributed by atoms with van der Waals surface area (Å²) in [6, 6.07) is 7.38. The molecule has 2 heterocycles. The molecule has 1 aliphatic carbocycles. The van der Waals surface area contributed by atoms with E-state index in [4.69, 9.17) is 5.14 Å². The van der Waals surface area contributed by atoms with Crippen LogP contribution in [-0.4, -0.2) is 26.5 Å². The van der Waals surface area contributed by atoms with Gasteiger partial charge in [-0.3, -0.25) is 9.52 Å². The lowest BCUT2D eigenvalue weighted by atomic mass is 10.1. The van der Waals surface area contributed by atoms with Crippen molar-refractivity contribution in [2.45, 2.75) is 30.7 Å². The van der Waals surface area contributed by atoms with Gasteiger partial charge in [0.25, 0.3) is 15.8 Å². The first-order valence-corrected chi connectivity index (χ1v) is 13.8. The van der Waals surface area contributed by atoms with Crippen molar-refractivity contribution in [2.75, 3.05) is 10.0 Å².